The molecule has 0 aliphatic heterocycles. The van der Waals surface area contributed by atoms with Gasteiger partial charge in [-0.15, -0.1) is 0 Å². The summed E-state index contributed by atoms with van der Waals surface area (Å²) in [6, 6.07) is 13.5. The number of aryl methyl sites for hydroxylation is 1. The molecule has 34 heavy (non-hydrogen) atoms. The standard InChI is InChI=1S/C28H28F4O2/c1-3-33-24-15-10-20(25(29)28(24)32)16-34-21-11-8-19(9-12-21)23-14-13-22(26(30)27(23)31)18-6-4-17(2)5-7-18/h4-7,10,13-15,19,21H,3,8-9,11-12,16H2,1-2H3. The van der Waals surface area contributed by atoms with Crippen LogP contribution < -0.4 is 4.74 Å². The number of halogens is 4. The molecule has 0 spiro atoms. The molecule has 0 aromatic heterocycles. The molecule has 0 unspecified atom stereocenters. The lowest BCUT2D eigenvalue weighted by molar-refractivity contribution is 0.0116. The van der Waals surface area contributed by atoms with E-state index in [-0.39, 0.29) is 42.1 Å². The molecule has 1 saturated carbocycles. The Kier molecular flexibility index (Phi) is 7.57. The predicted octanol–water partition coefficient (Wildman–Crippen LogP) is 7.86. The van der Waals surface area contributed by atoms with Crippen LogP contribution in [0.2, 0.25) is 0 Å². The maximum atomic E-state index is 15.0. The molecular weight excluding hydrogens is 444 g/mol. The summed E-state index contributed by atoms with van der Waals surface area (Å²) in [6.45, 7) is 3.83. The van der Waals surface area contributed by atoms with Gasteiger partial charge in [-0.3, -0.25) is 0 Å². The highest BCUT2D eigenvalue weighted by Gasteiger charge is 2.27. The van der Waals surface area contributed by atoms with Gasteiger partial charge in [-0.05, 0) is 68.7 Å². The molecular formula is C28H28F4O2. The molecule has 3 aromatic carbocycles. The summed E-state index contributed by atoms with van der Waals surface area (Å²) in [5.74, 6) is -3.83. The Hall–Kier alpha value is -2.86. The molecule has 4 rings (SSSR count). The van der Waals surface area contributed by atoms with E-state index in [2.05, 4.69) is 0 Å². The summed E-state index contributed by atoms with van der Waals surface area (Å²) < 4.78 is 69.0. The van der Waals surface area contributed by atoms with Crippen LogP contribution in [0.3, 0.4) is 0 Å². The third-order valence-corrected chi connectivity index (χ3v) is 6.49. The van der Waals surface area contributed by atoms with Crippen LogP contribution in [-0.4, -0.2) is 12.7 Å². The SMILES string of the molecule is CCOc1ccc(COC2CCC(c3ccc(-c4ccc(C)cc4)c(F)c3F)CC2)c(F)c1F. The summed E-state index contributed by atoms with van der Waals surface area (Å²) in [5, 5.41) is 0. The van der Waals surface area contributed by atoms with Gasteiger partial charge in [0.05, 0.1) is 19.3 Å². The van der Waals surface area contributed by atoms with Crippen LogP contribution in [0.25, 0.3) is 11.1 Å². The summed E-state index contributed by atoms with van der Waals surface area (Å²) >= 11 is 0. The molecule has 0 bridgehead atoms. The van der Waals surface area contributed by atoms with Crippen molar-refractivity contribution in [3.8, 4) is 16.9 Å². The van der Waals surface area contributed by atoms with E-state index in [4.69, 9.17) is 9.47 Å². The average Bonchev–Trinajstić information content (AvgIpc) is 2.84. The van der Waals surface area contributed by atoms with E-state index in [9.17, 15) is 17.6 Å². The molecule has 0 N–H and O–H groups in total. The van der Waals surface area contributed by atoms with Crippen LogP contribution in [0.5, 0.6) is 5.75 Å². The molecule has 0 saturated heterocycles. The van der Waals surface area contributed by atoms with Crippen molar-refractivity contribution in [2.75, 3.05) is 6.61 Å². The molecule has 2 nitrogen and oxygen atoms in total. The molecule has 1 fully saturated rings. The number of hydrogen-bond acceptors (Lipinski definition) is 2. The summed E-state index contributed by atoms with van der Waals surface area (Å²) in [5.41, 5.74) is 2.46. The van der Waals surface area contributed by atoms with Crippen LogP contribution in [0.4, 0.5) is 17.6 Å². The fourth-order valence-electron chi connectivity index (χ4n) is 4.53. The van der Waals surface area contributed by atoms with Gasteiger partial charge >= 0.3 is 0 Å². The third kappa shape index (κ3) is 5.12. The zero-order valence-electron chi connectivity index (χ0n) is 19.3. The van der Waals surface area contributed by atoms with Gasteiger partial charge in [0.15, 0.2) is 23.2 Å². The molecule has 0 amide bonds. The highest BCUT2D eigenvalue weighted by Crippen LogP contribution is 2.38. The Balaban J connectivity index is 1.37. The second-order valence-electron chi connectivity index (χ2n) is 8.76. The Morgan fingerprint density at radius 2 is 1.47 bits per heavy atom. The molecule has 3 aromatic rings. The number of ether oxygens (including phenoxy) is 2. The highest BCUT2D eigenvalue weighted by molar-refractivity contribution is 5.65. The highest BCUT2D eigenvalue weighted by atomic mass is 19.2. The summed E-state index contributed by atoms with van der Waals surface area (Å²) in [6.07, 6.45) is 2.37. The van der Waals surface area contributed by atoms with Crippen LogP contribution in [0.1, 0.15) is 55.2 Å². The van der Waals surface area contributed by atoms with Gasteiger partial charge in [0.1, 0.15) is 0 Å². The van der Waals surface area contributed by atoms with Crippen molar-refractivity contribution >= 4 is 0 Å². The zero-order valence-corrected chi connectivity index (χ0v) is 19.3. The molecule has 6 heteroatoms. The predicted molar refractivity (Wildman–Crippen MR) is 124 cm³/mol. The first-order valence-electron chi connectivity index (χ1n) is 11.6. The minimum atomic E-state index is -1.02. The van der Waals surface area contributed by atoms with E-state index in [1.54, 1.807) is 31.2 Å². The fourth-order valence-corrected chi connectivity index (χ4v) is 4.53. The first-order chi connectivity index (χ1) is 16.4. The quantitative estimate of drug-likeness (QED) is 0.326. The van der Waals surface area contributed by atoms with E-state index >= 15 is 0 Å². The minimum absolute atomic E-state index is 0.0568. The Labute approximate surface area is 197 Å². The molecule has 0 heterocycles. The number of rotatable bonds is 7. The van der Waals surface area contributed by atoms with E-state index in [0.717, 1.165) is 5.56 Å². The van der Waals surface area contributed by atoms with E-state index in [1.165, 1.54) is 12.1 Å². The lowest BCUT2D eigenvalue weighted by atomic mass is 9.82. The smallest absolute Gasteiger partial charge is 0.200 e. The monoisotopic (exact) mass is 472 g/mol. The van der Waals surface area contributed by atoms with Crippen LogP contribution in [0, 0.1) is 30.2 Å². The molecule has 1 aliphatic rings. The molecule has 0 atom stereocenters. The molecule has 1 aliphatic carbocycles. The van der Waals surface area contributed by atoms with Crippen molar-refractivity contribution in [2.45, 2.75) is 58.2 Å². The van der Waals surface area contributed by atoms with Crippen molar-refractivity contribution in [1.82, 2.24) is 0 Å². The van der Waals surface area contributed by atoms with Crippen molar-refractivity contribution in [2.24, 2.45) is 0 Å². The van der Waals surface area contributed by atoms with E-state index in [1.807, 2.05) is 19.1 Å². The minimum Gasteiger partial charge on any atom is -0.491 e. The zero-order chi connectivity index (χ0) is 24.2. The third-order valence-electron chi connectivity index (χ3n) is 6.49. The Morgan fingerprint density at radius 3 is 2.15 bits per heavy atom. The maximum Gasteiger partial charge on any atom is 0.200 e. The van der Waals surface area contributed by atoms with Crippen molar-refractivity contribution in [3.05, 3.63) is 88.5 Å². The first kappa shape index (κ1) is 24.3. The second kappa shape index (κ2) is 10.6. The van der Waals surface area contributed by atoms with Crippen molar-refractivity contribution < 1.29 is 27.0 Å². The van der Waals surface area contributed by atoms with Gasteiger partial charge in [0.2, 0.25) is 5.82 Å². The van der Waals surface area contributed by atoms with Gasteiger partial charge in [0.25, 0.3) is 0 Å². The maximum absolute atomic E-state index is 15.0. The van der Waals surface area contributed by atoms with Crippen molar-refractivity contribution in [1.29, 1.82) is 0 Å². The first-order valence-corrected chi connectivity index (χ1v) is 11.6. The topological polar surface area (TPSA) is 18.5 Å². The number of benzene rings is 3. The van der Waals surface area contributed by atoms with E-state index in [0.29, 0.717) is 36.8 Å². The Bertz CT molecular complexity index is 1140. The lowest BCUT2D eigenvalue weighted by Gasteiger charge is -2.29. The van der Waals surface area contributed by atoms with Gasteiger partial charge < -0.3 is 9.47 Å². The van der Waals surface area contributed by atoms with Crippen molar-refractivity contribution in [3.63, 3.8) is 0 Å². The second-order valence-corrected chi connectivity index (χ2v) is 8.76. The lowest BCUT2D eigenvalue weighted by Crippen LogP contribution is -2.21. The van der Waals surface area contributed by atoms with Gasteiger partial charge in [0, 0.05) is 11.1 Å². The van der Waals surface area contributed by atoms with Gasteiger partial charge in [-0.1, -0.05) is 42.0 Å². The fraction of sp³-hybridized carbons (Fsp3) is 0.357. The van der Waals surface area contributed by atoms with Gasteiger partial charge in [-0.2, -0.15) is 4.39 Å². The van der Waals surface area contributed by atoms with Crippen LogP contribution in [0.15, 0.2) is 48.5 Å². The Morgan fingerprint density at radius 1 is 0.765 bits per heavy atom. The summed E-state index contributed by atoms with van der Waals surface area (Å²) in [4.78, 5) is 0. The molecule has 0 radical (unpaired) electrons. The molecule has 180 valence electrons. The summed E-state index contributed by atoms with van der Waals surface area (Å²) in [7, 11) is 0. The van der Waals surface area contributed by atoms with Gasteiger partial charge in [-0.25, -0.2) is 13.2 Å². The van der Waals surface area contributed by atoms with E-state index < -0.39 is 23.3 Å². The van der Waals surface area contributed by atoms with Crippen LogP contribution >= 0.6 is 0 Å². The average molecular weight is 473 g/mol. The largest absolute Gasteiger partial charge is 0.491 e. The number of hydrogen-bond donors (Lipinski definition) is 0. The normalized spacial score (nSPS) is 18.2. The van der Waals surface area contributed by atoms with Crippen LogP contribution in [-0.2, 0) is 11.3 Å².